The zero-order valence-electron chi connectivity index (χ0n) is 11.4. The van der Waals surface area contributed by atoms with Crippen LogP contribution in [0, 0.1) is 0 Å². The number of carbonyl (C=O) groups is 3. The molecular formula is C14H14ClNO4S. The lowest BCUT2D eigenvalue weighted by Gasteiger charge is -2.14. The Morgan fingerprint density at radius 2 is 2.05 bits per heavy atom. The second-order valence-corrected chi connectivity index (χ2v) is 5.98. The van der Waals surface area contributed by atoms with Crippen LogP contribution in [-0.4, -0.2) is 35.4 Å². The van der Waals surface area contributed by atoms with Crippen molar-refractivity contribution in [1.29, 1.82) is 0 Å². The summed E-state index contributed by atoms with van der Waals surface area (Å²) >= 11 is 6.92. The number of thioether (sulfide) groups is 1. The zero-order valence-corrected chi connectivity index (χ0v) is 12.9. The molecule has 2 rings (SSSR count). The number of esters is 1. The van der Waals surface area contributed by atoms with Gasteiger partial charge in [0.05, 0.1) is 23.3 Å². The Hall–Kier alpha value is -1.53. The van der Waals surface area contributed by atoms with Gasteiger partial charge in [0.1, 0.15) is 0 Å². The van der Waals surface area contributed by atoms with Crippen LogP contribution >= 0.6 is 23.4 Å². The lowest BCUT2D eigenvalue weighted by atomic mass is 10.3. The molecular weight excluding hydrogens is 314 g/mol. The molecule has 0 aliphatic carbocycles. The molecule has 1 aliphatic rings. The van der Waals surface area contributed by atoms with Gasteiger partial charge in [-0.1, -0.05) is 11.6 Å². The maximum Gasteiger partial charge on any atom is 0.315 e. The van der Waals surface area contributed by atoms with Gasteiger partial charge in [-0.25, -0.2) is 4.90 Å². The lowest BCUT2D eigenvalue weighted by molar-refractivity contribution is -0.139. The fraction of sp³-hybridized carbons (Fsp3) is 0.357. The summed E-state index contributed by atoms with van der Waals surface area (Å²) in [6.45, 7) is 2.02. The number of carbonyl (C=O) groups excluding carboxylic acids is 3. The minimum Gasteiger partial charge on any atom is -0.465 e. The Balaban J connectivity index is 2.03. The molecule has 0 N–H and O–H groups in total. The van der Waals surface area contributed by atoms with E-state index in [2.05, 4.69) is 0 Å². The molecule has 1 saturated heterocycles. The van der Waals surface area contributed by atoms with Gasteiger partial charge in [-0.2, -0.15) is 0 Å². The van der Waals surface area contributed by atoms with E-state index >= 15 is 0 Å². The number of nitrogens with zero attached hydrogens (tertiary/aromatic N) is 1. The summed E-state index contributed by atoms with van der Waals surface area (Å²) in [5.74, 6) is -0.903. The Bertz CT molecular complexity index is 561. The number of anilines is 1. The highest BCUT2D eigenvalue weighted by atomic mass is 35.5. The van der Waals surface area contributed by atoms with Crippen LogP contribution in [-0.2, 0) is 19.1 Å². The Labute approximate surface area is 131 Å². The molecule has 1 aromatic carbocycles. The topological polar surface area (TPSA) is 63.7 Å². The lowest BCUT2D eigenvalue weighted by Crippen LogP contribution is -2.31. The van der Waals surface area contributed by atoms with Crippen molar-refractivity contribution in [3.63, 3.8) is 0 Å². The first-order valence-corrected chi connectivity index (χ1v) is 7.85. The van der Waals surface area contributed by atoms with E-state index in [0.717, 1.165) is 16.7 Å². The van der Waals surface area contributed by atoms with Crippen LogP contribution in [0.25, 0.3) is 0 Å². The van der Waals surface area contributed by atoms with Crippen LogP contribution in [0.1, 0.15) is 13.3 Å². The second-order valence-electron chi connectivity index (χ2n) is 4.35. The minimum absolute atomic E-state index is 0.0615. The van der Waals surface area contributed by atoms with Crippen LogP contribution < -0.4 is 4.90 Å². The third-order valence-corrected chi connectivity index (χ3v) is 4.32. The molecule has 1 aromatic rings. The van der Waals surface area contributed by atoms with Gasteiger partial charge in [0.15, 0.2) is 0 Å². The predicted octanol–water partition coefficient (Wildman–Crippen LogP) is 2.27. The molecule has 1 atom stereocenters. The first-order valence-electron chi connectivity index (χ1n) is 6.42. The van der Waals surface area contributed by atoms with Crippen molar-refractivity contribution in [2.45, 2.75) is 18.6 Å². The summed E-state index contributed by atoms with van der Waals surface area (Å²) in [6, 6.07) is 6.49. The van der Waals surface area contributed by atoms with Crippen LogP contribution in [0.3, 0.4) is 0 Å². The molecule has 1 fully saturated rings. The number of hydrogen-bond acceptors (Lipinski definition) is 5. The molecule has 0 spiro atoms. The van der Waals surface area contributed by atoms with Gasteiger partial charge in [-0.05, 0) is 31.2 Å². The fourth-order valence-corrected chi connectivity index (χ4v) is 3.02. The molecule has 0 bridgehead atoms. The Morgan fingerprint density at radius 3 is 2.67 bits per heavy atom. The smallest absolute Gasteiger partial charge is 0.315 e. The van der Waals surface area contributed by atoms with Gasteiger partial charge in [-0.3, -0.25) is 14.4 Å². The molecule has 7 heteroatoms. The molecule has 1 heterocycles. The molecule has 0 saturated carbocycles. The Kier molecular flexibility index (Phi) is 5.25. The van der Waals surface area contributed by atoms with Crippen molar-refractivity contribution >= 4 is 46.8 Å². The number of ether oxygens (including phenoxy) is 1. The van der Waals surface area contributed by atoms with E-state index in [4.69, 9.17) is 16.3 Å². The molecule has 1 aliphatic heterocycles. The van der Waals surface area contributed by atoms with E-state index in [0.29, 0.717) is 17.3 Å². The number of halogens is 1. The number of imide groups is 1. The molecule has 112 valence electrons. The van der Waals surface area contributed by atoms with Gasteiger partial charge < -0.3 is 4.74 Å². The summed E-state index contributed by atoms with van der Waals surface area (Å²) in [4.78, 5) is 36.7. The maximum absolute atomic E-state index is 12.3. The SMILES string of the molecule is CCOC(=O)CSC1CC(=O)N(c2ccc(Cl)cc2)C1=O. The minimum atomic E-state index is -0.544. The highest BCUT2D eigenvalue weighted by molar-refractivity contribution is 8.01. The summed E-state index contributed by atoms with van der Waals surface area (Å²) in [5, 5.41) is -0.0105. The first kappa shape index (κ1) is 15.9. The molecule has 0 radical (unpaired) electrons. The first-order chi connectivity index (χ1) is 10.0. The highest BCUT2D eigenvalue weighted by Gasteiger charge is 2.40. The molecule has 1 unspecified atom stereocenters. The van der Waals surface area contributed by atoms with Crippen LogP contribution in [0.15, 0.2) is 24.3 Å². The van der Waals surface area contributed by atoms with E-state index in [9.17, 15) is 14.4 Å². The second kappa shape index (κ2) is 6.95. The molecule has 0 aromatic heterocycles. The molecule has 21 heavy (non-hydrogen) atoms. The average molecular weight is 328 g/mol. The molecule has 5 nitrogen and oxygen atoms in total. The van der Waals surface area contributed by atoms with E-state index in [-0.39, 0.29) is 30.0 Å². The number of hydrogen-bond donors (Lipinski definition) is 0. The van der Waals surface area contributed by atoms with Crippen molar-refractivity contribution in [1.82, 2.24) is 0 Å². The van der Waals surface area contributed by atoms with E-state index in [1.165, 1.54) is 0 Å². The van der Waals surface area contributed by atoms with E-state index in [1.54, 1.807) is 31.2 Å². The predicted molar refractivity (Wildman–Crippen MR) is 81.4 cm³/mol. The van der Waals surface area contributed by atoms with Crippen molar-refractivity contribution in [2.75, 3.05) is 17.3 Å². The van der Waals surface area contributed by atoms with Gasteiger partial charge in [-0.15, -0.1) is 11.8 Å². The summed E-state index contributed by atoms with van der Waals surface area (Å²) in [7, 11) is 0. The van der Waals surface area contributed by atoms with Crippen molar-refractivity contribution in [3.8, 4) is 0 Å². The average Bonchev–Trinajstić information content (AvgIpc) is 2.73. The van der Waals surface area contributed by atoms with Crippen LogP contribution in [0.5, 0.6) is 0 Å². The number of amides is 2. The maximum atomic E-state index is 12.3. The fourth-order valence-electron chi connectivity index (χ4n) is 1.97. The van der Waals surface area contributed by atoms with Gasteiger partial charge in [0, 0.05) is 11.4 Å². The zero-order chi connectivity index (χ0) is 15.4. The van der Waals surface area contributed by atoms with E-state index in [1.807, 2.05) is 0 Å². The van der Waals surface area contributed by atoms with Crippen molar-refractivity contribution in [2.24, 2.45) is 0 Å². The number of benzene rings is 1. The Morgan fingerprint density at radius 1 is 1.38 bits per heavy atom. The number of rotatable bonds is 5. The third kappa shape index (κ3) is 3.77. The molecule has 2 amide bonds. The van der Waals surface area contributed by atoms with Crippen molar-refractivity contribution in [3.05, 3.63) is 29.3 Å². The third-order valence-electron chi connectivity index (χ3n) is 2.90. The summed E-state index contributed by atoms with van der Waals surface area (Å²) in [6.07, 6.45) is 0.0888. The van der Waals surface area contributed by atoms with E-state index < -0.39 is 5.25 Å². The largest absolute Gasteiger partial charge is 0.465 e. The van der Waals surface area contributed by atoms with Gasteiger partial charge in [0.2, 0.25) is 11.8 Å². The monoisotopic (exact) mass is 327 g/mol. The van der Waals surface area contributed by atoms with Gasteiger partial charge >= 0.3 is 5.97 Å². The standard InChI is InChI=1S/C14H14ClNO4S/c1-2-20-13(18)8-21-11-7-12(17)16(14(11)19)10-5-3-9(15)4-6-10/h3-6,11H,2,7-8H2,1H3. The highest BCUT2D eigenvalue weighted by Crippen LogP contribution is 2.30. The summed E-state index contributed by atoms with van der Waals surface area (Å²) < 4.78 is 4.80. The van der Waals surface area contributed by atoms with Crippen molar-refractivity contribution < 1.29 is 19.1 Å². The van der Waals surface area contributed by atoms with Crippen LogP contribution in [0.4, 0.5) is 5.69 Å². The quantitative estimate of drug-likeness (QED) is 0.613. The summed E-state index contributed by atoms with van der Waals surface area (Å²) in [5.41, 5.74) is 0.494. The van der Waals surface area contributed by atoms with Gasteiger partial charge in [0.25, 0.3) is 0 Å². The van der Waals surface area contributed by atoms with Crippen LogP contribution in [0.2, 0.25) is 5.02 Å². The normalized spacial score (nSPS) is 18.2.